The van der Waals surface area contributed by atoms with E-state index in [0.29, 0.717) is 12.2 Å². The van der Waals surface area contributed by atoms with E-state index in [9.17, 15) is 13.2 Å². The van der Waals surface area contributed by atoms with Crippen LogP contribution in [-0.2, 0) is 4.74 Å². The van der Waals surface area contributed by atoms with E-state index in [1.165, 1.54) is 12.1 Å². The van der Waals surface area contributed by atoms with Crippen LogP contribution in [0.1, 0.15) is 37.8 Å². The van der Waals surface area contributed by atoms with Gasteiger partial charge in [-0.05, 0) is 39.3 Å². The van der Waals surface area contributed by atoms with Gasteiger partial charge < -0.3 is 14.8 Å². The van der Waals surface area contributed by atoms with E-state index in [0.717, 1.165) is 19.3 Å². The van der Waals surface area contributed by atoms with E-state index < -0.39 is 12.0 Å². The molecule has 0 bridgehead atoms. The molecule has 3 nitrogen and oxygen atoms in total. The fourth-order valence-electron chi connectivity index (χ4n) is 2.91. The Balaban J connectivity index is 2.33. The number of benzene rings is 1. The SMILES string of the molecule is CNC(c1ccccc1OC(F)(F)F)C1(C)CCCCO1. The van der Waals surface area contributed by atoms with Crippen molar-refractivity contribution in [2.75, 3.05) is 13.7 Å². The summed E-state index contributed by atoms with van der Waals surface area (Å²) in [4.78, 5) is 0. The molecule has 1 aliphatic rings. The average molecular weight is 303 g/mol. The van der Waals surface area contributed by atoms with Crippen molar-refractivity contribution in [3.63, 3.8) is 0 Å². The van der Waals surface area contributed by atoms with Crippen LogP contribution >= 0.6 is 0 Å². The van der Waals surface area contributed by atoms with Crippen LogP contribution in [0.3, 0.4) is 0 Å². The minimum absolute atomic E-state index is 0.181. The Kier molecular flexibility index (Phi) is 4.78. The number of ether oxygens (including phenoxy) is 2. The van der Waals surface area contributed by atoms with Gasteiger partial charge in [0.2, 0.25) is 0 Å². The Labute approximate surface area is 122 Å². The number of likely N-dealkylation sites (N-methyl/N-ethyl adjacent to an activating group) is 1. The third-order valence-electron chi connectivity index (χ3n) is 3.85. The van der Waals surface area contributed by atoms with Gasteiger partial charge in [0.25, 0.3) is 0 Å². The molecule has 118 valence electrons. The summed E-state index contributed by atoms with van der Waals surface area (Å²) < 4.78 is 47.7. The van der Waals surface area contributed by atoms with Crippen molar-refractivity contribution in [3.8, 4) is 5.75 Å². The van der Waals surface area contributed by atoms with Crippen LogP contribution in [0.15, 0.2) is 24.3 Å². The van der Waals surface area contributed by atoms with Gasteiger partial charge >= 0.3 is 6.36 Å². The monoisotopic (exact) mass is 303 g/mol. The zero-order valence-electron chi connectivity index (χ0n) is 12.2. The topological polar surface area (TPSA) is 30.5 Å². The van der Waals surface area contributed by atoms with Gasteiger partial charge in [-0.15, -0.1) is 13.2 Å². The molecule has 0 spiro atoms. The maximum Gasteiger partial charge on any atom is 0.573 e. The van der Waals surface area contributed by atoms with Crippen LogP contribution < -0.4 is 10.1 Å². The van der Waals surface area contributed by atoms with Crippen LogP contribution in [0.25, 0.3) is 0 Å². The Morgan fingerprint density at radius 2 is 2.00 bits per heavy atom. The third kappa shape index (κ3) is 3.89. The fraction of sp³-hybridized carbons (Fsp3) is 0.600. The summed E-state index contributed by atoms with van der Waals surface area (Å²) in [6.07, 6.45) is -1.94. The highest BCUT2D eigenvalue weighted by Gasteiger charge is 2.40. The Hall–Kier alpha value is -1.27. The average Bonchev–Trinajstić information content (AvgIpc) is 2.40. The molecule has 1 fully saturated rings. The van der Waals surface area contributed by atoms with Gasteiger partial charge in [-0.2, -0.15) is 0 Å². The second-order valence-electron chi connectivity index (χ2n) is 5.43. The van der Waals surface area contributed by atoms with Crippen molar-refractivity contribution < 1.29 is 22.6 Å². The maximum atomic E-state index is 12.6. The molecule has 0 saturated carbocycles. The zero-order chi connectivity index (χ0) is 15.5. The molecule has 21 heavy (non-hydrogen) atoms. The van der Waals surface area contributed by atoms with Gasteiger partial charge in [0, 0.05) is 12.2 Å². The lowest BCUT2D eigenvalue weighted by molar-refractivity contribution is -0.275. The van der Waals surface area contributed by atoms with E-state index >= 15 is 0 Å². The molecule has 0 radical (unpaired) electrons. The van der Waals surface area contributed by atoms with Gasteiger partial charge in [0.15, 0.2) is 0 Å². The first-order valence-corrected chi connectivity index (χ1v) is 7.01. The molecule has 1 aromatic carbocycles. The van der Waals surface area contributed by atoms with Crippen LogP contribution in [0.5, 0.6) is 5.75 Å². The molecule has 1 aliphatic heterocycles. The largest absolute Gasteiger partial charge is 0.573 e. The van der Waals surface area contributed by atoms with Gasteiger partial charge in [-0.25, -0.2) is 0 Å². The Bertz CT molecular complexity index is 470. The number of nitrogens with one attached hydrogen (secondary N) is 1. The molecule has 2 unspecified atom stereocenters. The first-order valence-electron chi connectivity index (χ1n) is 7.01. The lowest BCUT2D eigenvalue weighted by atomic mass is 9.84. The van der Waals surface area contributed by atoms with Crippen LogP contribution in [0.2, 0.25) is 0 Å². The quantitative estimate of drug-likeness (QED) is 0.917. The van der Waals surface area contributed by atoms with E-state index in [1.54, 1.807) is 19.2 Å². The van der Waals surface area contributed by atoms with Crippen molar-refractivity contribution in [2.45, 2.75) is 44.2 Å². The molecule has 0 aliphatic carbocycles. The predicted molar refractivity (Wildman–Crippen MR) is 73.1 cm³/mol. The van der Waals surface area contributed by atoms with Gasteiger partial charge in [-0.3, -0.25) is 0 Å². The van der Waals surface area contributed by atoms with E-state index in [1.807, 2.05) is 6.92 Å². The van der Waals surface area contributed by atoms with Crippen molar-refractivity contribution in [1.29, 1.82) is 0 Å². The Morgan fingerprint density at radius 1 is 1.29 bits per heavy atom. The zero-order valence-corrected chi connectivity index (χ0v) is 12.2. The first kappa shape index (κ1) is 16.1. The summed E-state index contributed by atoms with van der Waals surface area (Å²) in [5.74, 6) is -0.181. The van der Waals surface area contributed by atoms with Gasteiger partial charge in [0.1, 0.15) is 5.75 Å². The highest BCUT2D eigenvalue weighted by atomic mass is 19.4. The second kappa shape index (κ2) is 6.23. The molecule has 1 aromatic rings. The molecule has 1 saturated heterocycles. The summed E-state index contributed by atoms with van der Waals surface area (Å²) in [7, 11) is 1.72. The molecule has 0 amide bonds. The third-order valence-corrected chi connectivity index (χ3v) is 3.85. The summed E-state index contributed by atoms with van der Waals surface area (Å²) >= 11 is 0. The molecule has 0 aromatic heterocycles. The highest BCUT2D eigenvalue weighted by molar-refractivity contribution is 5.37. The van der Waals surface area contributed by atoms with Gasteiger partial charge in [-0.1, -0.05) is 18.2 Å². The molecule has 6 heteroatoms. The predicted octanol–water partition coefficient (Wildman–Crippen LogP) is 3.80. The number of halogens is 3. The normalized spacial score (nSPS) is 24.6. The number of hydrogen-bond donors (Lipinski definition) is 1. The molecular weight excluding hydrogens is 283 g/mol. The second-order valence-corrected chi connectivity index (χ2v) is 5.43. The summed E-state index contributed by atoms with van der Waals surface area (Å²) in [6.45, 7) is 2.55. The Morgan fingerprint density at radius 3 is 2.57 bits per heavy atom. The lowest BCUT2D eigenvalue weighted by Gasteiger charge is -2.41. The first-order chi connectivity index (χ1) is 9.86. The summed E-state index contributed by atoms with van der Waals surface area (Å²) in [5, 5.41) is 3.08. The fourth-order valence-corrected chi connectivity index (χ4v) is 2.91. The standard InChI is InChI=1S/C15H20F3NO2/c1-14(9-5-6-10-20-14)13(19-2)11-7-3-4-8-12(11)21-15(16,17)18/h3-4,7-8,13,19H,5-6,9-10H2,1-2H3. The lowest BCUT2D eigenvalue weighted by Crippen LogP contribution is -2.45. The number of para-hydroxylation sites is 1. The van der Waals surface area contributed by atoms with Crippen molar-refractivity contribution in [3.05, 3.63) is 29.8 Å². The minimum atomic E-state index is -4.71. The molecule has 2 rings (SSSR count). The molecule has 1 heterocycles. The van der Waals surface area contributed by atoms with Crippen molar-refractivity contribution in [1.82, 2.24) is 5.32 Å². The number of rotatable bonds is 4. The summed E-state index contributed by atoms with van der Waals surface area (Å²) in [6, 6.07) is 5.85. The number of hydrogen-bond acceptors (Lipinski definition) is 3. The smallest absolute Gasteiger partial charge is 0.405 e. The van der Waals surface area contributed by atoms with Gasteiger partial charge in [0.05, 0.1) is 11.6 Å². The molecule has 1 N–H and O–H groups in total. The molecule has 2 atom stereocenters. The van der Waals surface area contributed by atoms with Crippen molar-refractivity contribution in [2.24, 2.45) is 0 Å². The van der Waals surface area contributed by atoms with Crippen molar-refractivity contribution >= 4 is 0 Å². The summed E-state index contributed by atoms with van der Waals surface area (Å²) in [5.41, 5.74) is -0.0837. The highest BCUT2D eigenvalue weighted by Crippen LogP contribution is 2.40. The van der Waals surface area contributed by atoms with E-state index in [2.05, 4.69) is 10.1 Å². The molecular formula is C15H20F3NO2. The number of alkyl halides is 3. The van der Waals surface area contributed by atoms with Crippen LogP contribution in [0, 0.1) is 0 Å². The van der Waals surface area contributed by atoms with Crippen LogP contribution in [-0.4, -0.2) is 25.6 Å². The minimum Gasteiger partial charge on any atom is -0.405 e. The van der Waals surface area contributed by atoms with E-state index in [-0.39, 0.29) is 11.8 Å². The van der Waals surface area contributed by atoms with E-state index in [4.69, 9.17) is 4.74 Å². The van der Waals surface area contributed by atoms with Crippen LogP contribution in [0.4, 0.5) is 13.2 Å². The maximum absolute atomic E-state index is 12.6.